The number of methoxy groups -OCH3 is 1. The Hall–Kier alpha value is -1.16. The van der Waals surface area contributed by atoms with Gasteiger partial charge in [0.15, 0.2) is 0 Å². The van der Waals surface area contributed by atoms with Crippen LogP contribution in [-0.2, 0) is 11.2 Å². The summed E-state index contributed by atoms with van der Waals surface area (Å²) < 4.78 is 5.23. The molecule has 0 aliphatic carbocycles. The molecular formula is C13H18O3S. The monoisotopic (exact) mass is 254 g/mol. The standard InChI is InChI=1S/C13H18O3S/c1-13(2,12(14)15)8-9-5-6-10(16-3)11(7-9)17-4/h5-7H,8H2,1-4H3,(H,14,15). The van der Waals surface area contributed by atoms with E-state index in [1.54, 1.807) is 32.7 Å². The van der Waals surface area contributed by atoms with E-state index in [2.05, 4.69) is 0 Å². The van der Waals surface area contributed by atoms with E-state index in [0.29, 0.717) is 6.42 Å². The molecule has 0 atom stereocenters. The third-order valence-corrected chi connectivity index (χ3v) is 3.43. The number of hydrogen-bond donors (Lipinski definition) is 1. The summed E-state index contributed by atoms with van der Waals surface area (Å²) in [5.74, 6) is 0.0494. The molecule has 0 amide bonds. The summed E-state index contributed by atoms with van der Waals surface area (Å²) in [5.41, 5.74) is 0.270. The lowest BCUT2D eigenvalue weighted by molar-refractivity contribution is -0.146. The minimum Gasteiger partial charge on any atom is -0.496 e. The summed E-state index contributed by atoms with van der Waals surface area (Å²) in [7, 11) is 1.63. The van der Waals surface area contributed by atoms with Gasteiger partial charge in [0.2, 0.25) is 0 Å². The smallest absolute Gasteiger partial charge is 0.309 e. The topological polar surface area (TPSA) is 46.5 Å². The van der Waals surface area contributed by atoms with Crippen LogP contribution in [0.3, 0.4) is 0 Å². The molecule has 0 radical (unpaired) electrons. The Morgan fingerprint density at radius 3 is 2.59 bits per heavy atom. The van der Waals surface area contributed by atoms with Crippen LogP contribution in [0.4, 0.5) is 0 Å². The molecule has 0 aliphatic rings. The number of benzene rings is 1. The molecule has 4 heteroatoms. The largest absolute Gasteiger partial charge is 0.496 e. The molecular weight excluding hydrogens is 236 g/mol. The Bertz CT molecular complexity index is 413. The molecule has 0 spiro atoms. The number of carbonyl (C=O) groups is 1. The highest BCUT2D eigenvalue weighted by molar-refractivity contribution is 7.98. The number of hydrogen-bond acceptors (Lipinski definition) is 3. The summed E-state index contributed by atoms with van der Waals surface area (Å²) in [6, 6.07) is 5.80. The van der Waals surface area contributed by atoms with Crippen molar-refractivity contribution in [2.45, 2.75) is 25.2 Å². The van der Waals surface area contributed by atoms with Crippen LogP contribution >= 0.6 is 11.8 Å². The summed E-state index contributed by atoms with van der Waals surface area (Å²) in [5, 5.41) is 9.10. The van der Waals surface area contributed by atoms with Gasteiger partial charge in [-0.15, -0.1) is 11.8 Å². The maximum Gasteiger partial charge on any atom is 0.309 e. The van der Waals surface area contributed by atoms with Gasteiger partial charge in [0.25, 0.3) is 0 Å². The van der Waals surface area contributed by atoms with Crippen molar-refractivity contribution in [2.24, 2.45) is 5.41 Å². The van der Waals surface area contributed by atoms with Crippen molar-refractivity contribution in [3.63, 3.8) is 0 Å². The predicted molar refractivity (Wildman–Crippen MR) is 69.9 cm³/mol. The summed E-state index contributed by atoms with van der Waals surface area (Å²) in [6.07, 6.45) is 2.49. The van der Waals surface area contributed by atoms with Crippen molar-refractivity contribution in [1.29, 1.82) is 0 Å². The van der Waals surface area contributed by atoms with Crippen molar-refractivity contribution in [3.8, 4) is 5.75 Å². The van der Waals surface area contributed by atoms with Gasteiger partial charge < -0.3 is 9.84 Å². The fourth-order valence-corrected chi connectivity index (χ4v) is 2.20. The van der Waals surface area contributed by atoms with Crippen LogP contribution in [0, 0.1) is 5.41 Å². The van der Waals surface area contributed by atoms with Gasteiger partial charge in [0.1, 0.15) is 5.75 Å². The molecule has 17 heavy (non-hydrogen) atoms. The summed E-state index contributed by atoms with van der Waals surface area (Å²) >= 11 is 1.60. The highest BCUT2D eigenvalue weighted by atomic mass is 32.2. The van der Waals surface area contributed by atoms with E-state index in [1.807, 2.05) is 24.5 Å². The maximum atomic E-state index is 11.1. The van der Waals surface area contributed by atoms with Gasteiger partial charge in [-0.3, -0.25) is 4.79 Å². The molecule has 94 valence electrons. The van der Waals surface area contributed by atoms with Crippen molar-refractivity contribution in [3.05, 3.63) is 23.8 Å². The molecule has 1 N–H and O–H groups in total. The van der Waals surface area contributed by atoms with Crippen molar-refractivity contribution >= 4 is 17.7 Å². The second-order valence-electron chi connectivity index (χ2n) is 4.56. The van der Waals surface area contributed by atoms with Crippen LogP contribution in [0.5, 0.6) is 5.75 Å². The minimum absolute atomic E-state index is 0.514. The van der Waals surface area contributed by atoms with Crippen molar-refractivity contribution < 1.29 is 14.6 Å². The van der Waals surface area contributed by atoms with E-state index in [4.69, 9.17) is 9.84 Å². The number of carboxylic acid groups (broad SMARTS) is 1. The van der Waals surface area contributed by atoms with Gasteiger partial charge in [-0.25, -0.2) is 0 Å². The molecule has 0 aliphatic heterocycles. The third-order valence-electron chi connectivity index (χ3n) is 2.67. The number of rotatable bonds is 5. The van der Waals surface area contributed by atoms with Gasteiger partial charge in [-0.05, 0) is 44.2 Å². The lowest BCUT2D eigenvalue weighted by Gasteiger charge is -2.19. The highest BCUT2D eigenvalue weighted by Crippen LogP contribution is 2.31. The Labute approximate surface area is 106 Å². The lowest BCUT2D eigenvalue weighted by atomic mass is 9.86. The first-order valence-corrected chi connectivity index (χ1v) is 6.57. The molecule has 0 saturated carbocycles. The first-order valence-electron chi connectivity index (χ1n) is 5.35. The average molecular weight is 254 g/mol. The molecule has 0 bridgehead atoms. The molecule has 1 aromatic rings. The van der Waals surface area contributed by atoms with E-state index >= 15 is 0 Å². The van der Waals surface area contributed by atoms with E-state index in [1.165, 1.54) is 0 Å². The van der Waals surface area contributed by atoms with E-state index < -0.39 is 11.4 Å². The minimum atomic E-state index is -0.779. The quantitative estimate of drug-likeness (QED) is 0.820. The SMILES string of the molecule is COc1ccc(CC(C)(C)C(=O)O)cc1SC. The van der Waals surface area contributed by atoms with Crippen molar-refractivity contribution in [1.82, 2.24) is 0 Å². The van der Waals surface area contributed by atoms with Gasteiger partial charge in [0, 0.05) is 4.90 Å². The van der Waals surface area contributed by atoms with Crippen LogP contribution in [0.1, 0.15) is 19.4 Å². The van der Waals surface area contributed by atoms with Gasteiger partial charge in [-0.2, -0.15) is 0 Å². The predicted octanol–water partition coefficient (Wildman–Crippen LogP) is 3.07. The number of thioether (sulfide) groups is 1. The van der Waals surface area contributed by atoms with Crippen LogP contribution in [0.2, 0.25) is 0 Å². The first-order chi connectivity index (χ1) is 7.90. The zero-order chi connectivity index (χ0) is 13.1. The Kier molecular flexibility index (Phi) is 4.46. The Morgan fingerprint density at radius 2 is 2.12 bits per heavy atom. The number of aliphatic carboxylic acids is 1. The molecule has 0 saturated heterocycles. The number of carboxylic acids is 1. The average Bonchev–Trinajstić information content (AvgIpc) is 2.28. The fraction of sp³-hybridized carbons (Fsp3) is 0.462. The van der Waals surface area contributed by atoms with E-state index in [9.17, 15) is 4.79 Å². The second-order valence-corrected chi connectivity index (χ2v) is 5.40. The molecule has 1 rings (SSSR count). The summed E-state index contributed by atoms with van der Waals surface area (Å²) in [4.78, 5) is 12.1. The van der Waals surface area contributed by atoms with E-state index in [-0.39, 0.29) is 0 Å². The molecule has 0 unspecified atom stereocenters. The highest BCUT2D eigenvalue weighted by Gasteiger charge is 2.27. The summed E-state index contributed by atoms with van der Waals surface area (Å²) in [6.45, 7) is 3.47. The van der Waals surface area contributed by atoms with E-state index in [0.717, 1.165) is 16.2 Å². The van der Waals surface area contributed by atoms with Gasteiger partial charge in [-0.1, -0.05) is 6.07 Å². The third kappa shape index (κ3) is 3.40. The number of ether oxygens (including phenoxy) is 1. The normalized spacial score (nSPS) is 11.3. The molecule has 0 aromatic heterocycles. The molecule has 3 nitrogen and oxygen atoms in total. The fourth-order valence-electron chi connectivity index (χ4n) is 1.58. The Balaban J connectivity index is 2.97. The van der Waals surface area contributed by atoms with Gasteiger partial charge >= 0.3 is 5.97 Å². The Morgan fingerprint density at radius 1 is 1.47 bits per heavy atom. The zero-order valence-electron chi connectivity index (χ0n) is 10.6. The van der Waals surface area contributed by atoms with Crippen LogP contribution in [0.25, 0.3) is 0 Å². The molecule has 0 fully saturated rings. The lowest BCUT2D eigenvalue weighted by Crippen LogP contribution is -2.26. The van der Waals surface area contributed by atoms with Gasteiger partial charge in [0.05, 0.1) is 12.5 Å². The van der Waals surface area contributed by atoms with Crippen molar-refractivity contribution in [2.75, 3.05) is 13.4 Å². The van der Waals surface area contributed by atoms with Crippen LogP contribution < -0.4 is 4.74 Å². The first kappa shape index (κ1) is 13.9. The maximum absolute atomic E-state index is 11.1. The molecule has 0 heterocycles. The molecule has 1 aromatic carbocycles. The second kappa shape index (κ2) is 5.45. The van der Waals surface area contributed by atoms with Crippen LogP contribution in [-0.4, -0.2) is 24.4 Å². The zero-order valence-corrected chi connectivity index (χ0v) is 11.4. The van der Waals surface area contributed by atoms with Crippen LogP contribution in [0.15, 0.2) is 23.1 Å².